The van der Waals surface area contributed by atoms with E-state index in [4.69, 9.17) is 10.5 Å². The van der Waals surface area contributed by atoms with Crippen molar-refractivity contribution in [3.05, 3.63) is 70.7 Å². The van der Waals surface area contributed by atoms with Crippen molar-refractivity contribution in [1.29, 1.82) is 0 Å². The van der Waals surface area contributed by atoms with Crippen LogP contribution < -0.4 is 21.1 Å². The highest BCUT2D eigenvalue weighted by Crippen LogP contribution is 2.27. The Hall–Kier alpha value is -3.39. The Bertz CT molecular complexity index is 945. The first-order chi connectivity index (χ1) is 13.5. The van der Waals surface area contributed by atoms with Gasteiger partial charge in [0.25, 0.3) is 0 Å². The first kappa shape index (κ1) is 19.4. The van der Waals surface area contributed by atoms with E-state index in [1.54, 1.807) is 30.6 Å². The third-order valence-corrected chi connectivity index (χ3v) is 4.90. The van der Waals surface area contributed by atoms with Crippen LogP contribution in [-0.4, -0.2) is 16.9 Å². The van der Waals surface area contributed by atoms with Crippen molar-refractivity contribution in [2.24, 2.45) is 5.73 Å². The lowest BCUT2D eigenvalue weighted by molar-refractivity contribution is -0.116. The molecule has 1 aromatic carbocycles. The van der Waals surface area contributed by atoms with Gasteiger partial charge in [0.05, 0.1) is 18.7 Å². The molecule has 28 heavy (non-hydrogen) atoms. The number of carbonyl (C=O) groups excluding carboxylic acids is 2. The molecule has 7 nitrogen and oxygen atoms in total. The molecule has 0 bridgehead atoms. The second kappa shape index (κ2) is 9.01. The van der Waals surface area contributed by atoms with E-state index in [-0.39, 0.29) is 12.3 Å². The molecule has 0 fully saturated rings. The topological polar surface area (TPSA) is 106 Å². The minimum Gasteiger partial charge on any atom is -0.455 e. The standard InChI is InChI=1S/C20H20N4O3S/c1-13-10-14(6-7-17(13)27-15-4-2-8-22-12-15)23-19(25)11-16(24-20(21)26)18-5-3-9-28-18/h2-10,12,16H,11H2,1H3,(H,23,25)(H3,21,24,26). The number of primary amides is 1. The van der Waals surface area contributed by atoms with Crippen LogP contribution in [0.4, 0.5) is 10.5 Å². The lowest BCUT2D eigenvalue weighted by Gasteiger charge is -2.16. The molecule has 1 atom stereocenters. The molecule has 0 aliphatic carbocycles. The van der Waals surface area contributed by atoms with Crippen molar-refractivity contribution in [3.63, 3.8) is 0 Å². The SMILES string of the molecule is Cc1cc(NC(=O)CC(NC(N)=O)c2cccs2)ccc1Oc1cccnc1. The number of aromatic nitrogens is 1. The summed E-state index contributed by atoms with van der Waals surface area (Å²) >= 11 is 1.45. The van der Waals surface area contributed by atoms with E-state index in [0.717, 1.165) is 10.4 Å². The Morgan fingerprint density at radius 1 is 1.25 bits per heavy atom. The Morgan fingerprint density at radius 3 is 2.75 bits per heavy atom. The summed E-state index contributed by atoms with van der Waals surface area (Å²) in [5.41, 5.74) is 6.74. The van der Waals surface area contributed by atoms with E-state index in [2.05, 4.69) is 15.6 Å². The number of ether oxygens (including phenoxy) is 1. The predicted molar refractivity (Wildman–Crippen MR) is 109 cm³/mol. The number of pyridine rings is 1. The molecule has 0 saturated heterocycles. The fourth-order valence-electron chi connectivity index (χ4n) is 2.66. The highest BCUT2D eigenvalue weighted by atomic mass is 32.1. The van der Waals surface area contributed by atoms with Gasteiger partial charge in [-0.2, -0.15) is 0 Å². The maximum atomic E-state index is 12.4. The van der Waals surface area contributed by atoms with Gasteiger partial charge in [0.1, 0.15) is 11.5 Å². The van der Waals surface area contributed by atoms with Crippen molar-refractivity contribution in [1.82, 2.24) is 10.3 Å². The van der Waals surface area contributed by atoms with Gasteiger partial charge in [-0.05, 0) is 54.3 Å². The molecule has 0 radical (unpaired) electrons. The minimum atomic E-state index is -0.668. The largest absolute Gasteiger partial charge is 0.455 e. The molecule has 144 valence electrons. The van der Waals surface area contributed by atoms with Crippen LogP contribution in [0.25, 0.3) is 0 Å². The zero-order valence-corrected chi connectivity index (χ0v) is 16.0. The normalized spacial score (nSPS) is 11.5. The fraction of sp³-hybridized carbons (Fsp3) is 0.150. The molecule has 2 heterocycles. The zero-order valence-electron chi connectivity index (χ0n) is 15.2. The van der Waals surface area contributed by atoms with Crippen LogP contribution in [0.3, 0.4) is 0 Å². The molecule has 0 aliphatic rings. The van der Waals surface area contributed by atoms with Gasteiger partial charge < -0.3 is 21.1 Å². The van der Waals surface area contributed by atoms with Gasteiger partial charge >= 0.3 is 6.03 Å². The molecular weight excluding hydrogens is 376 g/mol. The molecule has 3 rings (SSSR count). The van der Waals surface area contributed by atoms with E-state index in [1.165, 1.54) is 11.3 Å². The molecule has 0 aliphatic heterocycles. The molecule has 3 aromatic rings. The smallest absolute Gasteiger partial charge is 0.312 e. The first-order valence-electron chi connectivity index (χ1n) is 8.59. The summed E-state index contributed by atoms with van der Waals surface area (Å²) in [6.45, 7) is 1.89. The Kier molecular flexibility index (Phi) is 6.23. The number of rotatable bonds is 7. The number of anilines is 1. The molecule has 2 aromatic heterocycles. The van der Waals surface area contributed by atoms with E-state index >= 15 is 0 Å². The highest BCUT2D eigenvalue weighted by molar-refractivity contribution is 7.10. The number of aryl methyl sites for hydroxylation is 1. The van der Waals surface area contributed by atoms with Crippen molar-refractivity contribution in [2.75, 3.05) is 5.32 Å². The minimum absolute atomic E-state index is 0.0798. The van der Waals surface area contributed by atoms with Gasteiger partial charge in [-0.15, -0.1) is 11.3 Å². The third kappa shape index (κ3) is 5.31. The van der Waals surface area contributed by atoms with E-state index in [0.29, 0.717) is 17.2 Å². The fourth-order valence-corrected chi connectivity index (χ4v) is 3.44. The van der Waals surface area contributed by atoms with Crippen LogP contribution in [-0.2, 0) is 4.79 Å². The summed E-state index contributed by atoms with van der Waals surface area (Å²) in [5.74, 6) is 1.09. The Labute approximate surface area is 166 Å². The Morgan fingerprint density at radius 2 is 2.11 bits per heavy atom. The first-order valence-corrected chi connectivity index (χ1v) is 9.47. The van der Waals surface area contributed by atoms with Gasteiger partial charge in [0.2, 0.25) is 5.91 Å². The lowest BCUT2D eigenvalue weighted by atomic mass is 10.1. The second-order valence-electron chi connectivity index (χ2n) is 6.10. The monoisotopic (exact) mass is 396 g/mol. The van der Waals surface area contributed by atoms with Gasteiger partial charge in [-0.3, -0.25) is 9.78 Å². The summed E-state index contributed by atoms with van der Waals surface area (Å²) in [6, 6.07) is 11.6. The number of hydrogen-bond donors (Lipinski definition) is 3. The summed E-state index contributed by atoms with van der Waals surface area (Å²) in [7, 11) is 0. The average Bonchev–Trinajstić information content (AvgIpc) is 3.19. The van der Waals surface area contributed by atoms with Crippen LogP contribution in [0.1, 0.15) is 22.9 Å². The Balaban J connectivity index is 1.64. The van der Waals surface area contributed by atoms with Gasteiger partial charge in [-0.25, -0.2) is 4.79 Å². The van der Waals surface area contributed by atoms with Crippen molar-refractivity contribution in [3.8, 4) is 11.5 Å². The summed E-state index contributed by atoms with van der Waals surface area (Å²) in [5, 5.41) is 7.34. The summed E-state index contributed by atoms with van der Waals surface area (Å²) in [4.78, 5) is 28.6. The molecule has 8 heteroatoms. The van der Waals surface area contributed by atoms with Crippen molar-refractivity contribution < 1.29 is 14.3 Å². The van der Waals surface area contributed by atoms with Crippen molar-refractivity contribution in [2.45, 2.75) is 19.4 Å². The number of amides is 3. The van der Waals surface area contributed by atoms with Crippen LogP contribution >= 0.6 is 11.3 Å². The van der Waals surface area contributed by atoms with Crippen LogP contribution in [0.2, 0.25) is 0 Å². The summed E-state index contributed by atoms with van der Waals surface area (Å²) in [6.07, 6.45) is 3.39. The molecule has 0 spiro atoms. The predicted octanol–water partition coefficient (Wildman–Crippen LogP) is 3.98. The van der Waals surface area contributed by atoms with Crippen LogP contribution in [0.5, 0.6) is 11.5 Å². The number of nitrogens with zero attached hydrogens (tertiary/aromatic N) is 1. The van der Waals surface area contributed by atoms with Gasteiger partial charge in [-0.1, -0.05) is 6.07 Å². The third-order valence-electron chi connectivity index (χ3n) is 3.91. The number of urea groups is 1. The van der Waals surface area contributed by atoms with Crippen LogP contribution in [0.15, 0.2) is 60.2 Å². The van der Waals surface area contributed by atoms with E-state index < -0.39 is 12.1 Å². The molecule has 1 unspecified atom stereocenters. The molecule has 0 saturated carbocycles. The number of carbonyl (C=O) groups is 2. The maximum Gasteiger partial charge on any atom is 0.312 e. The van der Waals surface area contributed by atoms with E-state index in [9.17, 15) is 9.59 Å². The number of benzene rings is 1. The maximum absolute atomic E-state index is 12.4. The number of nitrogens with two attached hydrogens (primary N) is 1. The second-order valence-corrected chi connectivity index (χ2v) is 7.08. The number of thiophene rings is 1. The number of nitrogens with one attached hydrogen (secondary N) is 2. The molecule has 4 N–H and O–H groups in total. The van der Waals surface area contributed by atoms with Gasteiger partial charge in [0, 0.05) is 16.8 Å². The van der Waals surface area contributed by atoms with Crippen LogP contribution in [0, 0.1) is 6.92 Å². The number of hydrogen-bond acceptors (Lipinski definition) is 5. The zero-order chi connectivity index (χ0) is 19.9. The summed E-state index contributed by atoms with van der Waals surface area (Å²) < 4.78 is 5.79. The average molecular weight is 396 g/mol. The molecular formula is C20H20N4O3S. The van der Waals surface area contributed by atoms with Crippen molar-refractivity contribution >= 4 is 29.0 Å². The van der Waals surface area contributed by atoms with Gasteiger partial charge in [0.15, 0.2) is 0 Å². The molecule has 3 amide bonds. The lowest BCUT2D eigenvalue weighted by Crippen LogP contribution is -2.34. The van der Waals surface area contributed by atoms with E-state index in [1.807, 2.05) is 36.6 Å². The highest BCUT2D eigenvalue weighted by Gasteiger charge is 2.18. The quantitative estimate of drug-likeness (QED) is 0.561.